The predicted octanol–water partition coefficient (Wildman–Crippen LogP) is 1.12. The van der Waals surface area contributed by atoms with Crippen LogP contribution in [-0.4, -0.2) is 47.7 Å². The van der Waals surface area contributed by atoms with E-state index in [0.29, 0.717) is 13.2 Å². The highest BCUT2D eigenvalue weighted by molar-refractivity contribution is 5.80. The summed E-state index contributed by atoms with van der Waals surface area (Å²) in [4.78, 5) is 24.9. The number of aliphatic carboxylic acids is 1. The fourth-order valence-electron chi connectivity index (χ4n) is 2.97. The molecule has 0 aliphatic carbocycles. The van der Waals surface area contributed by atoms with Crippen LogP contribution in [0.5, 0.6) is 0 Å². The molecular weight excluding hydrogens is 234 g/mol. The maximum atomic E-state index is 12.3. The van der Waals surface area contributed by atoms with Crippen molar-refractivity contribution >= 4 is 11.9 Å². The van der Waals surface area contributed by atoms with Crippen LogP contribution in [0.15, 0.2) is 0 Å². The minimum Gasteiger partial charge on any atom is -0.481 e. The van der Waals surface area contributed by atoms with Gasteiger partial charge in [-0.15, -0.1) is 0 Å². The summed E-state index contributed by atoms with van der Waals surface area (Å²) in [5, 5.41) is 8.82. The third-order valence-corrected chi connectivity index (χ3v) is 3.99. The van der Waals surface area contributed by atoms with Crippen LogP contribution in [0.1, 0.15) is 32.6 Å². The Hall–Kier alpha value is -1.10. The van der Waals surface area contributed by atoms with Gasteiger partial charge in [-0.3, -0.25) is 9.59 Å². The molecule has 5 heteroatoms. The largest absolute Gasteiger partial charge is 0.481 e. The first-order valence-corrected chi connectivity index (χ1v) is 6.70. The van der Waals surface area contributed by atoms with E-state index in [1.807, 2.05) is 11.8 Å². The molecule has 3 unspecified atom stereocenters. The Balaban J connectivity index is 1.91. The Labute approximate surface area is 107 Å². The molecule has 1 N–H and O–H groups in total. The van der Waals surface area contributed by atoms with Crippen molar-refractivity contribution in [1.29, 1.82) is 0 Å². The maximum Gasteiger partial charge on any atom is 0.303 e. The SMILES string of the molecule is CC1OCCC1C(=O)N1CCCC(CC(=O)O)C1. The lowest BCUT2D eigenvalue weighted by Crippen LogP contribution is -2.44. The lowest BCUT2D eigenvalue weighted by Gasteiger charge is -2.34. The number of ether oxygens (including phenoxy) is 1. The highest BCUT2D eigenvalue weighted by atomic mass is 16.5. The van der Waals surface area contributed by atoms with Gasteiger partial charge in [0.25, 0.3) is 0 Å². The van der Waals surface area contributed by atoms with E-state index in [0.717, 1.165) is 25.8 Å². The fraction of sp³-hybridized carbons (Fsp3) is 0.846. The fourth-order valence-corrected chi connectivity index (χ4v) is 2.97. The van der Waals surface area contributed by atoms with Gasteiger partial charge in [-0.25, -0.2) is 0 Å². The number of rotatable bonds is 3. The molecule has 1 amide bonds. The molecule has 2 aliphatic heterocycles. The Morgan fingerprint density at radius 2 is 2.17 bits per heavy atom. The Bertz CT molecular complexity index is 331. The maximum absolute atomic E-state index is 12.3. The average Bonchev–Trinajstić information content (AvgIpc) is 2.74. The molecule has 102 valence electrons. The van der Waals surface area contributed by atoms with Gasteiger partial charge in [-0.1, -0.05) is 0 Å². The number of carboxylic acid groups (broad SMARTS) is 1. The van der Waals surface area contributed by atoms with Gasteiger partial charge in [0.05, 0.1) is 12.0 Å². The number of hydrogen-bond donors (Lipinski definition) is 1. The third-order valence-electron chi connectivity index (χ3n) is 3.99. The topological polar surface area (TPSA) is 66.8 Å². The second-order valence-corrected chi connectivity index (χ2v) is 5.36. The number of hydrogen-bond acceptors (Lipinski definition) is 3. The second-order valence-electron chi connectivity index (χ2n) is 5.36. The molecule has 18 heavy (non-hydrogen) atoms. The normalized spacial score (nSPS) is 32.5. The molecule has 0 saturated carbocycles. The molecule has 0 bridgehead atoms. The van der Waals surface area contributed by atoms with Crippen molar-refractivity contribution in [2.24, 2.45) is 11.8 Å². The first-order valence-electron chi connectivity index (χ1n) is 6.70. The average molecular weight is 255 g/mol. The minimum atomic E-state index is -0.771. The molecule has 2 rings (SSSR count). The summed E-state index contributed by atoms with van der Waals surface area (Å²) < 4.78 is 5.43. The number of carboxylic acids is 1. The van der Waals surface area contributed by atoms with Crippen molar-refractivity contribution in [3.05, 3.63) is 0 Å². The highest BCUT2D eigenvalue weighted by Gasteiger charge is 2.35. The van der Waals surface area contributed by atoms with Gasteiger partial charge in [-0.05, 0) is 32.1 Å². The van der Waals surface area contributed by atoms with Crippen LogP contribution < -0.4 is 0 Å². The number of piperidine rings is 1. The third kappa shape index (κ3) is 3.02. The van der Waals surface area contributed by atoms with Gasteiger partial charge in [0.1, 0.15) is 0 Å². The van der Waals surface area contributed by atoms with Crippen molar-refractivity contribution in [2.45, 2.75) is 38.7 Å². The monoisotopic (exact) mass is 255 g/mol. The van der Waals surface area contributed by atoms with Gasteiger partial charge < -0.3 is 14.7 Å². The predicted molar refractivity (Wildman–Crippen MR) is 65.1 cm³/mol. The van der Waals surface area contributed by atoms with Crippen LogP contribution in [0.3, 0.4) is 0 Å². The number of amides is 1. The molecule has 0 aromatic carbocycles. The number of nitrogens with zero attached hydrogens (tertiary/aromatic N) is 1. The van der Waals surface area contributed by atoms with E-state index in [1.165, 1.54) is 0 Å². The molecule has 2 aliphatic rings. The van der Waals surface area contributed by atoms with Crippen molar-refractivity contribution in [3.8, 4) is 0 Å². The van der Waals surface area contributed by atoms with Gasteiger partial charge in [0, 0.05) is 26.1 Å². The number of carbonyl (C=O) groups is 2. The first kappa shape index (κ1) is 13.3. The van der Waals surface area contributed by atoms with Crippen LogP contribution in [0.2, 0.25) is 0 Å². The van der Waals surface area contributed by atoms with Crippen LogP contribution in [-0.2, 0) is 14.3 Å². The Morgan fingerprint density at radius 3 is 2.78 bits per heavy atom. The number of likely N-dealkylation sites (tertiary alicyclic amines) is 1. The molecule has 3 atom stereocenters. The lowest BCUT2D eigenvalue weighted by molar-refractivity contribution is -0.143. The molecule has 2 saturated heterocycles. The zero-order valence-electron chi connectivity index (χ0n) is 10.8. The summed E-state index contributed by atoms with van der Waals surface area (Å²) in [5.41, 5.74) is 0. The van der Waals surface area contributed by atoms with Crippen molar-refractivity contribution in [3.63, 3.8) is 0 Å². The zero-order chi connectivity index (χ0) is 13.1. The van der Waals surface area contributed by atoms with E-state index in [4.69, 9.17) is 9.84 Å². The Morgan fingerprint density at radius 1 is 1.39 bits per heavy atom. The quantitative estimate of drug-likeness (QED) is 0.820. The number of carbonyl (C=O) groups excluding carboxylic acids is 1. The van der Waals surface area contributed by atoms with Gasteiger partial charge in [0.2, 0.25) is 5.91 Å². The van der Waals surface area contributed by atoms with E-state index in [-0.39, 0.29) is 30.3 Å². The molecule has 5 nitrogen and oxygen atoms in total. The van der Waals surface area contributed by atoms with Crippen molar-refractivity contribution in [2.75, 3.05) is 19.7 Å². The molecular formula is C13H21NO4. The minimum absolute atomic E-state index is 0.00245. The zero-order valence-corrected chi connectivity index (χ0v) is 10.8. The summed E-state index contributed by atoms with van der Waals surface area (Å²) >= 11 is 0. The van der Waals surface area contributed by atoms with E-state index < -0.39 is 5.97 Å². The summed E-state index contributed by atoms with van der Waals surface area (Å²) in [6, 6.07) is 0. The Kier molecular flexibility index (Phi) is 4.22. The van der Waals surface area contributed by atoms with E-state index in [1.54, 1.807) is 0 Å². The molecule has 0 aromatic heterocycles. The van der Waals surface area contributed by atoms with Gasteiger partial charge in [0.15, 0.2) is 0 Å². The van der Waals surface area contributed by atoms with E-state index >= 15 is 0 Å². The van der Waals surface area contributed by atoms with Crippen LogP contribution in [0, 0.1) is 11.8 Å². The van der Waals surface area contributed by atoms with E-state index in [9.17, 15) is 9.59 Å². The smallest absolute Gasteiger partial charge is 0.303 e. The lowest BCUT2D eigenvalue weighted by atomic mass is 9.92. The summed E-state index contributed by atoms with van der Waals surface area (Å²) in [7, 11) is 0. The van der Waals surface area contributed by atoms with Gasteiger partial charge >= 0.3 is 5.97 Å². The van der Waals surface area contributed by atoms with Crippen LogP contribution in [0.25, 0.3) is 0 Å². The first-order chi connectivity index (χ1) is 8.58. The van der Waals surface area contributed by atoms with Crippen LogP contribution >= 0.6 is 0 Å². The molecule has 0 radical (unpaired) electrons. The van der Waals surface area contributed by atoms with Crippen molar-refractivity contribution in [1.82, 2.24) is 4.90 Å². The van der Waals surface area contributed by atoms with Crippen molar-refractivity contribution < 1.29 is 19.4 Å². The molecule has 2 fully saturated rings. The van der Waals surface area contributed by atoms with E-state index in [2.05, 4.69) is 0 Å². The second kappa shape index (κ2) is 5.69. The summed E-state index contributed by atoms with van der Waals surface area (Å²) in [6.45, 7) is 3.95. The van der Waals surface area contributed by atoms with Crippen LogP contribution in [0.4, 0.5) is 0 Å². The highest BCUT2D eigenvalue weighted by Crippen LogP contribution is 2.26. The standard InChI is InChI=1S/C13H21NO4/c1-9-11(4-6-18-9)13(17)14-5-2-3-10(8-14)7-12(15)16/h9-11H,2-8H2,1H3,(H,15,16). The van der Waals surface area contributed by atoms with Gasteiger partial charge in [-0.2, -0.15) is 0 Å². The summed E-state index contributed by atoms with van der Waals surface area (Å²) in [6.07, 6.45) is 2.77. The molecule has 0 aromatic rings. The molecule has 0 spiro atoms. The molecule has 2 heterocycles. The summed E-state index contributed by atoms with van der Waals surface area (Å²) in [5.74, 6) is -0.548.